The number of halogens is 1. The molecular formula is C23H15ClN2O2S. The van der Waals surface area contributed by atoms with Crippen molar-refractivity contribution in [1.82, 2.24) is 9.38 Å². The molecule has 0 aliphatic carbocycles. The van der Waals surface area contributed by atoms with Gasteiger partial charge < -0.3 is 4.74 Å². The van der Waals surface area contributed by atoms with Gasteiger partial charge in [0.25, 0.3) is 5.56 Å². The smallest absolute Gasteiger partial charge is 0.274 e. The summed E-state index contributed by atoms with van der Waals surface area (Å²) in [6.07, 6.45) is 1.86. The lowest BCUT2D eigenvalue weighted by Crippen LogP contribution is -2.22. The Morgan fingerprint density at radius 2 is 1.76 bits per heavy atom. The fourth-order valence-corrected chi connectivity index (χ4v) is 4.42. The molecule has 5 aromatic rings. The van der Waals surface area contributed by atoms with Crippen LogP contribution in [0.25, 0.3) is 22.1 Å². The maximum Gasteiger partial charge on any atom is 0.274 e. The molecule has 2 heterocycles. The summed E-state index contributed by atoms with van der Waals surface area (Å²) in [6.45, 7) is 0.354. The number of fused-ring (bicyclic) bond motifs is 3. The van der Waals surface area contributed by atoms with Gasteiger partial charge in [-0.1, -0.05) is 71.5 Å². The molecule has 0 aliphatic rings. The van der Waals surface area contributed by atoms with E-state index in [2.05, 4.69) is 4.98 Å². The van der Waals surface area contributed by atoms with E-state index in [-0.39, 0.29) is 5.56 Å². The molecule has 0 amide bonds. The summed E-state index contributed by atoms with van der Waals surface area (Å²) in [5.74, 6) is 0.697. The Labute approximate surface area is 175 Å². The first-order valence-electron chi connectivity index (χ1n) is 9.08. The molecule has 0 saturated carbocycles. The average Bonchev–Trinajstić information content (AvgIpc) is 3.25. The summed E-state index contributed by atoms with van der Waals surface area (Å²) >= 11 is 7.60. The van der Waals surface area contributed by atoms with Crippen LogP contribution in [-0.4, -0.2) is 9.38 Å². The molecule has 0 radical (unpaired) electrons. The van der Waals surface area contributed by atoms with E-state index in [1.54, 1.807) is 4.40 Å². The summed E-state index contributed by atoms with van der Waals surface area (Å²) in [6, 6.07) is 22.9. The van der Waals surface area contributed by atoms with Crippen molar-refractivity contribution in [2.45, 2.75) is 6.61 Å². The maximum absolute atomic E-state index is 13.0. The van der Waals surface area contributed by atoms with Gasteiger partial charge in [0.05, 0.1) is 15.6 Å². The Hall–Kier alpha value is -3.15. The average molecular weight is 419 g/mol. The molecule has 0 aliphatic heterocycles. The number of rotatable bonds is 4. The van der Waals surface area contributed by atoms with Gasteiger partial charge in [-0.3, -0.25) is 4.79 Å². The van der Waals surface area contributed by atoms with E-state index in [4.69, 9.17) is 16.3 Å². The van der Waals surface area contributed by atoms with Crippen LogP contribution in [0.1, 0.15) is 11.1 Å². The number of imidazole rings is 1. The van der Waals surface area contributed by atoms with Gasteiger partial charge in [0.1, 0.15) is 12.4 Å². The van der Waals surface area contributed by atoms with Crippen molar-refractivity contribution < 1.29 is 4.74 Å². The maximum atomic E-state index is 13.0. The van der Waals surface area contributed by atoms with Gasteiger partial charge in [0.2, 0.25) is 0 Å². The van der Waals surface area contributed by atoms with E-state index in [1.165, 1.54) is 11.3 Å². The van der Waals surface area contributed by atoms with Crippen LogP contribution in [0.3, 0.4) is 0 Å². The molecule has 0 spiro atoms. The van der Waals surface area contributed by atoms with Crippen molar-refractivity contribution in [3.63, 3.8) is 0 Å². The third-order valence-electron chi connectivity index (χ3n) is 4.69. The van der Waals surface area contributed by atoms with E-state index in [0.29, 0.717) is 26.9 Å². The van der Waals surface area contributed by atoms with E-state index in [9.17, 15) is 4.79 Å². The third kappa shape index (κ3) is 3.28. The summed E-state index contributed by atoms with van der Waals surface area (Å²) < 4.78 is 8.29. The Kier molecular flexibility index (Phi) is 4.54. The zero-order chi connectivity index (χ0) is 19.8. The predicted molar refractivity (Wildman–Crippen MR) is 118 cm³/mol. The predicted octanol–water partition coefficient (Wildman–Crippen LogP) is 4.69. The summed E-state index contributed by atoms with van der Waals surface area (Å²) in [7, 11) is 0. The van der Waals surface area contributed by atoms with Crippen LogP contribution in [0.2, 0.25) is 5.02 Å². The van der Waals surface area contributed by atoms with Gasteiger partial charge in [-0.2, -0.15) is 0 Å². The minimum absolute atomic E-state index is 0.0698. The molecule has 142 valence electrons. The van der Waals surface area contributed by atoms with Gasteiger partial charge in [-0.25, -0.2) is 9.38 Å². The van der Waals surface area contributed by atoms with E-state index in [0.717, 1.165) is 22.2 Å². The van der Waals surface area contributed by atoms with Gasteiger partial charge in [0.15, 0.2) is 4.96 Å². The SMILES string of the molecule is O=c1/c(=C/c2ccccc2OCc2ccccc2Cl)sc2nc3ccccc3n12. The van der Waals surface area contributed by atoms with Crippen LogP contribution in [-0.2, 0) is 6.61 Å². The van der Waals surface area contributed by atoms with Crippen molar-refractivity contribution in [3.05, 3.63) is 104 Å². The molecule has 0 saturated heterocycles. The van der Waals surface area contributed by atoms with Crippen molar-refractivity contribution in [2.24, 2.45) is 0 Å². The van der Waals surface area contributed by atoms with E-state index >= 15 is 0 Å². The third-order valence-corrected chi connectivity index (χ3v) is 6.03. The van der Waals surface area contributed by atoms with Gasteiger partial charge in [0, 0.05) is 16.1 Å². The van der Waals surface area contributed by atoms with Crippen molar-refractivity contribution in [3.8, 4) is 5.75 Å². The van der Waals surface area contributed by atoms with Crippen LogP contribution >= 0.6 is 22.9 Å². The molecule has 4 nitrogen and oxygen atoms in total. The first kappa shape index (κ1) is 17.9. The highest BCUT2D eigenvalue weighted by atomic mass is 35.5. The highest BCUT2D eigenvalue weighted by Crippen LogP contribution is 2.23. The molecule has 0 unspecified atom stereocenters. The van der Waals surface area contributed by atoms with Crippen molar-refractivity contribution in [1.29, 1.82) is 0 Å². The van der Waals surface area contributed by atoms with Gasteiger partial charge in [-0.15, -0.1) is 0 Å². The van der Waals surface area contributed by atoms with Crippen LogP contribution in [0.5, 0.6) is 5.75 Å². The molecule has 0 atom stereocenters. The summed E-state index contributed by atoms with van der Waals surface area (Å²) in [5, 5.41) is 0.669. The molecule has 0 fully saturated rings. The lowest BCUT2D eigenvalue weighted by Gasteiger charge is -2.10. The number of nitrogens with zero attached hydrogens (tertiary/aromatic N) is 2. The molecule has 2 aromatic heterocycles. The van der Waals surface area contributed by atoms with Crippen LogP contribution in [0.15, 0.2) is 77.6 Å². The Morgan fingerprint density at radius 3 is 2.66 bits per heavy atom. The fraction of sp³-hybridized carbons (Fsp3) is 0.0435. The first-order chi connectivity index (χ1) is 14.2. The van der Waals surface area contributed by atoms with Crippen molar-refractivity contribution in [2.75, 3.05) is 0 Å². The zero-order valence-electron chi connectivity index (χ0n) is 15.2. The molecule has 6 heteroatoms. The molecule has 29 heavy (non-hydrogen) atoms. The first-order valence-corrected chi connectivity index (χ1v) is 10.3. The second-order valence-electron chi connectivity index (χ2n) is 6.55. The van der Waals surface area contributed by atoms with Gasteiger partial charge >= 0.3 is 0 Å². The summed E-state index contributed by atoms with van der Waals surface area (Å²) in [4.78, 5) is 18.2. The molecule has 0 N–H and O–H groups in total. The standard InChI is InChI=1S/C23H15ClN2O2S/c24-17-9-3-1-8-16(17)14-28-20-12-6-2-7-15(20)13-21-22(27)26-19-11-5-4-10-18(19)25-23(26)29-21/h1-13H,14H2/b21-13-. The quantitative estimate of drug-likeness (QED) is 0.425. The lowest BCUT2D eigenvalue weighted by molar-refractivity contribution is 0.305. The fourth-order valence-electron chi connectivity index (χ4n) is 3.26. The normalized spacial score (nSPS) is 12.1. The minimum Gasteiger partial charge on any atom is -0.488 e. The van der Waals surface area contributed by atoms with Crippen LogP contribution in [0, 0.1) is 0 Å². The number of ether oxygens (including phenoxy) is 1. The second-order valence-corrected chi connectivity index (χ2v) is 7.97. The van der Waals surface area contributed by atoms with Crippen molar-refractivity contribution >= 4 is 45.0 Å². The molecule has 3 aromatic carbocycles. The molecular weight excluding hydrogens is 404 g/mol. The number of hydrogen-bond donors (Lipinski definition) is 0. The monoisotopic (exact) mass is 418 g/mol. The molecule has 0 bridgehead atoms. The van der Waals surface area contributed by atoms with Gasteiger partial charge in [-0.05, 0) is 30.3 Å². The number of para-hydroxylation sites is 3. The Balaban J connectivity index is 1.55. The van der Waals surface area contributed by atoms with Crippen LogP contribution < -0.4 is 14.8 Å². The summed E-state index contributed by atoms with van der Waals surface area (Å²) in [5.41, 5.74) is 3.33. The zero-order valence-corrected chi connectivity index (χ0v) is 16.8. The Bertz CT molecular complexity index is 1460. The number of aromatic nitrogens is 2. The Morgan fingerprint density at radius 1 is 1.00 bits per heavy atom. The highest BCUT2D eigenvalue weighted by molar-refractivity contribution is 7.15. The number of thiazole rings is 1. The number of hydrogen-bond acceptors (Lipinski definition) is 4. The largest absolute Gasteiger partial charge is 0.488 e. The van der Waals surface area contributed by atoms with E-state index in [1.807, 2.05) is 78.9 Å². The number of benzene rings is 3. The second kappa shape index (κ2) is 7.35. The van der Waals surface area contributed by atoms with E-state index < -0.39 is 0 Å². The van der Waals surface area contributed by atoms with Crippen LogP contribution in [0.4, 0.5) is 0 Å². The molecule has 5 rings (SSSR count). The highest BCUT2D eigenvalue weighted by Gasteiger charge is 2.11. The minimum atomic E-state index is -0.0698. The lowest BCUT2D eigenvalue weighted by atomic mass is 10.2. The topological polar surface area (TPSA) is 43.6 Å².